The second kappa shape index (κ2) is 6.77. The molecule has 3 N–H and O–H groups in total. The number of ether oxygens (including phenoxy) is 2. The van der Waals surface area contributed by atoms with Crippen LogP contribution in [0, 0.1) is 5.92 Å². The van der Waals surface area contributed by atoms with Crippen molar-refractivity contribution in [2.24, 2.45) is 5.92 Å². The van der Waals surface area contributed by atoms with Crippen LogP contribution in [0.5, 0.6) is 11.5 Å². The maximum absolute atomic E-state index is 11.7. The summed E-state index contributed by atoms with van der Waals surface area (Å²) < 4.78 is 12.6. The van der Waals surface area contributed by atoms with Crippen LogP contribution in [-0.2, 0) is 0 Å². The van der Waals surface area contributed by atoms with Crippen molar-refractivity contribution in [2.75, 3.05) is 0 Å². The van der Waals surface area contributed by atoms with Gasteiger partial charge in [-0.05, 0) is 59.4 Å². The quantitative estimate of drug-likeness (QED) is 0.608. The predicted octanol–water partition coefficient (Wildman–Crippen LogP) is 2.38. The second-order valence-electron chi connectivity index (χ2n) is 10.0. The first-order valence-electron chi connectivity index (χ1n) is 10.5. The van der Waals surface area contributed by atoms with Gasteiger partial charge >= 0.3 is 0 Å². The number of aliphatic hydroxyl groups excluding tert-OH is 1. The lowest BCUT2D eigenvalue weighted by Gasteiger charge is -2.52. The summed E-state index contributed by atoms with van der Waals surface area (Å²) in [6.45, 7) is 6.85. The average Bonchev–Trinajstić information content (AvgIpc) is 3.07. The molecule has 0 saturated heterocycles. The van der Waals surface area contributed by atoms with Gasteiger partial charge in [0.05, 0.1) is 22.9 Å². The maximum atomic E-state index is 11.7. The molecule has 0 aromatic heterocycles. The van der Waals surface area contributed by atoms with E-state index in [-0.39, 0.29) is 23.0 Å². The first-order valence-corrected chi connectivity index (χ1v) is 10.5. The lowest BCUT2D eigenvalue weighted by atomic mass is 9.60. The summed E-state index contributed by atoms with van der Waals surface area (Å²) in [7, 11) is 0. The SMILES string of the molecule is CC(C)(O)C(O)CCC1(C)Oc2cc(C=O)c(C=O)c3c2C2C(O3)C(C)(O)CCC21. The first-order chi connectivity index (χ1) is 13.9. The molecule has 4 rings (SSSR count). The third-order valence-corrected chi connectivity index (χ3v) is 7.37. The minimum absolute atomic E-state index is 0.00735. The molecule has 2 aliphatic heterocycles. The van der Waals surface area contributed by atoms with Crippen LogP contribution in [0.3, 0.4) is 0 Å². The Hall–Kier alpha value is -1.96. The molecule has 1 aromatic rings. The summed E-state index contributed by atoms with van der Waals surface area (Å²) in [4.78, 5) is 23.3. The Morgan fingerprint density at radius 2 is 2.00 bits per heavy atom. The van der Waals surface area contributed by atoms with Crippen LogP contribution in [-0.4, -0.2) is 56.9 Å². The first kappa shape index (κ1) is 21.3. The fraction of sp³-hybridized carbons (Fsp3) is 0.652. The summed E-state index contributed by atoms with van der Waals surface area (Å²) in [5.41, 5.74) is -1.87. The van der Waals surface area contributed by atoms with Gasteiger partial charge in [0.25, 0.3) is 0 Å². The van der Waals surface area contributed by atoms with Gasteiger partial charge in [0, 0.05) is 23.0 Å². The van der Waals surface area contributed by atoms with E-state index in [9.17, 15) is 24.9 Å². The molecule has 0 amide bonds. The van der Waals surface area contributed by atoms with Crippen LogP contribution in [0.25, 0.3) is 0 Å². The highest BCUT2D eigenvalue weighted by molar-refractivity contribution is 5.95. The zero-order chi connectivity index (χ0) is 22.1. The number of benzene rings is 1. The molecule has 0 bridgehead atoms. The highest BCUT2D eigenvalue weighted by atomic mass is 16.5. The summed E-state index contributed by atoms with van der Waals surface area (Å²) in [6.07, 6.45) is 1.77. The predicted molar refractivity (Wildman–Crippen MR) is 108 cm³/mol. The number of aldehydes is 2. The molecule has 2 heterocycles. The van der Waals surface area contributed by atoms with Gasteiger partial charge in [-0.1, -0.05) is 0 Å². The third-order valence-electron chi connectivity index (χ3n) is 7.37. The van der Waals surface area contributed by atoms with E-state index in [1.54, 1.807) is 26.8 Å². The number of hydrogen-bond donors (Lipinski definition) is 3. The van der Waals surface area contributed by atoms with Crippen LogP contribution in [0.15, 0.2) is 6.07 Å². The average molecular weight is 418 g/mol. The van der Waals surface area contributed by atoms with Crippen LogP contribution in [0.4, 0.5) is 0 Å². The number of hydrogen-bond acceptors (Lipinski definition) is 7. The molecule has 6 atom stereocenters. The van der Waals surface area contributed by atoms with Crippen LogP contribution >= 0.6 is 0 Å². The zero-order valence-corrected chi connectivity index (χ0v) is 17.8. The Bertz CT molecular complexity index is 885. The second-order valence-corrected chi connectivity index (χ2v) is 10.0. The summed E-state index contributed by atoms with van der Waals surface area (Å²) in [6, 6.07) is 1.57. The Kier molecular flexibility index (Phi) is 4.80. The van der Waals surface area contributed by atoms with Gasteiger partial charge in [-0.25, -0.2) is 0 Å². The Morgan fingerprint density at radius 3 is 2.60 bits per heavy atom. The van der Waals surface area contributed by atoms with Gasteiger partial charge in [-0.2, -0.15) is 0 Å². The molecule has 1 aromatic carbocycles. The van der Waals surface area contributed by atoms with Crippen molar-refractivity contribution in [3.05, 3.63) is 22.8 Å². The monoisotopic (exact) mass is 418 g/mol. The van der Waals surface area contributed by atoms with E-state index >= 15 is 0 Å². The van der Waals surface area contributed by atoms with Gasteiger partial charge in [0.1, 0.15) is 23.2 Å². The van der Waals surface area contributed by atoms with E-state index < -0.39 is 29.0 Å². The third kappa shape index (κ3) is 3.06. The number of rotatable bonds is 6. The van der Waals surface area contributed by atoms with Gasteiger partial charge in [-0.15, -0.1) is 0 Å². The maximum Gasteiger partial charge on any atom is 0.154 e. The largest absolute Gasteiger partial charge is 0.487 e. The molecule has 0 radical (unpaired) electrons. The molecular weight excluding hydrogens is 388 g/mol. The van der Waals surface area contributed by atoms with Crippen molar-refractivity contribution >= 4 is 12.6 Å². The van der Waals surface area contributed by atoms with E-state index in [4.69, 9.17) is 9.47 Å². The topological polar surface area (TPSA) is 113 Å². The van der Waals surface area contributed by atoms with E-state index in [2.05, 4.69) is 0 Å². The molecule has 30 heavy (non-hydrogen) atoms. The van der Waals surface area contributed by atoms with Crippen molar-refractivity contribution in [2.45, 2.75) is 88.3 Å². The lowest BCUT2D eigenvalue weighted by molar-refractivity contribution is -0.130. The van der Waals surface area contributed by atoms with Crippen molar-refractivity contribution in [3.8, 4) is 11.5 Å². The molecule has 7 nitrogen and oxygen atoms in total. The molecule has 164 valence electrons. The van der Waals surface area contributed by atoms with Crippen LogP contribution in [0.1, 0.15) is 85.6 Å². The summed E-state index contributed by atoms with van der Waals surface area (Å²) in [5.74, 6) is 0.632. The Labute approximate surface area is 176 Å². The minimum Gasteiger partial charge on any atom is -0.487 e. The molecule has 7 heteroatoms. The molecule has 3 aliphatic rings. The molecule has 1 aliphatic carbocycles. The van der Waals surface area contributed by atoms with Crippen molar-refractivity contribution in [1.82, 2.24) is 0 Å². The van der Waals surface area contributed by atoms with E-state index in [1.807, 2.05) is 6.92 Å². The van der Waals surface area contributed by atoms with Gasteiger partial charge in [-0.3, -0.25) is 9.59 Å². The highest BCUT2D eigenvalue weighted by Gasteiger charge is 2.61. The summed E-state index contributed by atoms with van der Waals surface area (Å²) >= 11 is 0. The minimum atomic E-state index is -1.23. The standard InChI is InChI=1S/C23H30O7/c1-21(2,27)16(26)6-8-23(4)14-5-7-22(3,28)20-17(14)18-15(30-23)9-12(10-24)13(11-25)19(18)29-20/h9-11,14,16-17,20,26-28H,5-8H2,1-4H3. The molecule has 6 unspecified atom stereocenters. The molecule has 1 saturated carbocycles. The number of aliphatic hydroxyl groups is 3. The smallest absolute Gasteiger partial charge is 0.154 e. The highest BCUT2D eigenvalue weighted by Crippen LogP contribution is 2.62. The van der Waals surface area contributed by atoms with E-state index in [0.29, 0.717) is 49.8 Å². The normalized spacial score (nSPS) is 35.1. The number of carbonyl (C=O) groups excluding carboxylic acids is 2. The van der Waals surface area contributed by atoms with Gasteiger partial charge in [0.15, 0.2) is 12.6 Å². The fourth-order valence-corrected chi connectivity index (χ4v) is 5.50. The van der Waals surface area contributed by atoms with Crippen molar-refractivity contribution in [3.63, 3.8) is 0 Å². The van der Waals surface area contributed by atoms with Gasteiger partial charge < -0.3 is 24.8 Å². The lowest BCUT2D eigenvalue weighted by Crippen LogP contribution is -2.58. The molecule has 1 fully saturated rings. The van der Waals surface area contributed by atoms with Crippen molar-refractivity contribution < 1.29 is 34.4 Å². The number of carbonyl (C=O) groups is 2. The summed E-state index contributed by atoms with van der Waals surface area (Å²) in [5, 5.41) is 31.5. The van der Waals surface area contributed by atoms with E-state index in [1.165, 1.54) is 0 Å². The zero-order valence-electron chi connectivity index (χ0n) is 17.8. The molecule has 0 spiro atoms. The van der Waals surface area contributed by atoms with Crippen LogP contribution < -0.4 is 9.47 Å². The Balaban J connectivity index is 1.80. The van der Waals surface area contributed by atoms with Crippen LogP contribution in [0.2, 0.25) is 0 Å². The Morgan fingerprint density at radius 1 is 1.30 bits per heavy atom. The fourth-order valence-electron chi connectivity index (χ4n) is 5.50. The molecular formula is C23H30O7. The van der Waals surface area contributed by atoms with Crippen molar-refractivity contribution in [1.29, 1.82) is 0 Å². The van der Waals surface area contributed by atoms with Gasteiger partial charge in [0.2, 0.25) is 0 Å². The van der Waals surface area contributed by atoms with E-state index in [0.717, 1.165) is 5.56 Å².